The molecule has 1 amide bonds. The molecule has 0 radical (unpaired) electrons. The molecule has 30 heavy (non-hydrogen) atoms. The minimum atomic E-state index is -3.77. The molecule has 0 unspecified atom stereocenters. The Kier molecular flexibility index (Phi) is 4.43. The highest BCUT2D eigenvalue weighted by atomic mass is 32.2. The predicted molar refractivity (Wildman–Crippen MR) is 108 cm³/mol. The van der Waals surface area contributed by atoms with E-state index < -0.39 is 21.5 Å². The molecule has 8 heteroatoms. The van der Waals surface area contributed by atoms with Crippen molar-refractivity contribution < 1.29 is 22.7 Å². The van der Waals surface area contributed by atoms with Crippen LogP contribution in [0.5, 0.6) is 0 Å². The molecular weight excluding hydrogens is 404 g/mol. The molecule has 2 aromatic carbocycles. The Labute approximate surface area is 173 Å². The Bertz CT molecular complexity index is 1210. The van der Waals surface area contributed by atoms with Crippen molar-refractivity contribution in [3.8, 4) is 0 Å². The van der Waals surface area contributed by atoms with E-state index >= 15 is 0 Å². The van der Waals surface area contributed by atoms with Crippen molar-refractivity contribution >= 4 is 27.1 Å². The molecule has 1 aromatic heterocycles. The summed E-state index contributed by atoms with van der Waals surface area (Å²) in [6.45, 7) is 0.670. The van der Waals surface area contributed by atoms with Crippen molar-refractivity contribution in [1.29, 1.82) is 0 Å². The van der Waals surface area contributed by atoms with Crippen LogP contribution < -0.4 is 4.90 Å². The van der Waals surface area contributed by atoms with Crippen LogP contribution in [-0.2, 0) is 29.9 Å². The fourth-order valence-corrected chi connectivity index (χ4v) is 5.11. The molecule has 0 aliphatic carbocycles. The van der Waals surface area contributed by atoms with E-state index in [1.165, 1.54) is 17.0 Å². The lowest BCUT2D eigenvalue weighted by Crippen LogP contribution is -2.46. The first-order chi connectivity index (χ1) is 14.5. The summed E-state index contributed by atoms with van der Waals surface area (Å²) in [6.07, 6.45) is 3.83. The van der Waals surface area contributed by atoms with Gasteiger partial charge in [0.25, 0.3) is 11.7 Å². The zero-order chi connectivity index (χ0) is 20.8. The fraction of sp³-hybridized carbons (Fsp3) is 0.182. The first-order valence-corrected chi connectivity index (χ1v) is 11.0. The fourth-order valence-electron chi connectivity index (χ4n) is 3.80. The van der Waals surface area contributed by atoms with Gasteiger partial charge in [0.2, 0.25) is 9.84 Å². The number of aromatic nitrogens is 1. The number of nitrogens with zero attached hydrogens (tertiary/aromatic N) is 2. The number of hydrogen-bond donors (Lipinski definition) is 0. The summed E-state index contributed by atoms with van der Waals surface area (Å²) in [5.74, 6) is -2.08. The van der Waals surface area contributed by atoms with E-state index in [9.17, 15) is 13.2 Å². The standard InChI is InChI=1S/C22H18N2O5S/c25-21-22(28-12-5-13-29-22)19-14-18(30(26,27)17-7-2-1-3-8-17)9-10-20(19)24(21)16-6-4-11-23-15-16/h1-4,6-11,14-15H,5,12-13H2. The SMILES string of the molecule is O=C1N(c2cccnc2)c2ccc(S(=O)(=O)c3ccccc3)cc2C12OCCCO2. The van der Waals surface area contributed by atoms with Crippen LogP contribution in [0, 0.1) is 0 Å². The van der Waals surface area contributed by atoms with Gasteiger partial charge in [-0.15, -0.1) is 0 Å². The predicted octanol–water partition coefficient (Wildman–Crippen LogP) is 3.18. The highest BCUT2D eigenvalue weighted by molar-refractivity contribution is 7.91. The van der Waals surface area contributed by atoms with Gasteiger partial charge in [0.1, 0.15) is 0 Å². The van der Waals surface area contributed by atoms with E-state index in [1.807, 2.05) is 0 Å². The average Bonchev–Trinajstić information content (AvgIpc) is 3.03. The van der Waals surface area contributed by atoms with Gasteiger partial charge in [-0.05, 0) is 48.9 Å². The van der Waals surface area contributed by atoms with E-state index in [0.717, 1.165) is 0 Å². The van der Waals surface area contributed by atoms with Gasteiger partial charge in [0.15, 0.2) is 0 Å². The van der Waals surface area contributed by atoms with Gasteiger partial charge in [0, 0.05) is 11.8 Å². The molecule has 0 N–H and O–H groups in total. The number of hydrogen-bond acceptors (Lipinski definition) is 6. The smallest absolute Gasteiger partial charge is 0.297 e. The summed E-state index contributed by atoms with van der Waals surface area (Å²) in [5.41, 5.74) is 1.45. The molecule has 1 saturated heterocycles. The van der Waals surface area contributed by atoms with Crippen molar-refractivity contribution in [2.45, 2.75) is 22.0 Å². The minimum Gasteiger partial charge on any atom is -0.338 e. The number of sulfone groups is 1. The second-order valence-electron chi connectivity index (χ2n) is 7.01. The third-order valence-corrected chi connectivity index (χ3v) is 6.98. The molecule has 1 spiro atoms. The van der Waals surface area contributed by atoms with Gasteiger partial charge >= 0.3 is 0 Å². The first-order valence-electron chi connectivity index (χ1n) is 9.51. The Hall–Kier alpha value is -3.07. The molecule has 0 saturated carbocycles. The van der Waals surface area contributed by atoms with Crippen LogP contribution in [0.4, 0.5) is 11.4 Å². The van der Waals surface area contributed by atoms with Crippen molar-refractivity contribution in [2.24, 2.45) is 0 Å². The quantitative estimate of drug-likeness (QED) is 0.644. The van der Waals surface area contributed by atoms with E-state index in [0.29, 0.717) is 36.6 Å². The minimum absolute atomic E-state index is 0.0745. The maximum Gasteiger partial charge on any atom is 0.297 e. The molecule has 7 nitrogen and oxygen atoms in total. The van der Waals surface area contributed by atoms with E-state index in [2.05, 4.69) is 4.98 Å². The topological polar surface area (TPSA) is 85.8 Å². The van der Waals surface area contributed by atoms with Crippen LogP contribution in [0.15, 0.2) is 82.8 Å². The van der Waals surface area contributed by atoms with E-state index in [4.69, 9.17) is 9.47 Å². The number of ether oxygens (including phenoxy) is 2. The second kappa shape index (κ2) is 7.02. The number of carbonyl (C=O) groups excluding carboxylic acids is 1. The Balaban J connectivity index is 1.70. The van der Waals surface area contributed by atoms with Gasteiger partial charge in [0.05, 0.1) is 40.6 Å². The molecule has 0 atom stereocenters. The molecule has 2 aliphatic heterocycles. The highest BCUT2D eigenvalue weighted by Gasteiger charge is 2.55. The zero-order valence-electron chi connectivity index (χ0n) is 15.9. The number of fused-ring (bicyclic) bond motifs is 2. The second-order valence-corrected chi connectivity index (χ2v) is 8.96. The Morgan fingerprint density at radius 2 is 1.70 bits per heavy atom. The van der Waals surface area contributed by atoms with Gasteiger partial charge in [-0.2, -0.15) is 0 Å². The molecule has 0 bridgehead atoms. The maximum absolute atomic E-state index is 13.5. The maximum atomic E-state index is 13.5. The van der Waals surface area contributed by atoms with Crippen molar-refractivity contribution in [3.05, 3.63) is 78.6 Å². The van der Waals surface area contributed by atoms with Crippen LogP contribution in [0.25, 0.3) is 0 Å². The highest BCUT2D eigenvalue weighted by Crippen LogP contribution is 2.49. The van der Waals surface area contributed by atoms with Crippen LogP contribution >= 0.6 is 0 Å². The van der Waals surface area contributed by atoms with Crippen molar-refractivity contribution in [2.75, 3.05) is 18.1 Å². The summed E-state index contributed by atoms with van der Waals surface area (Å²) in [7, 11) is -3.77. The number of benzene rings is 2. The van der Waals surface area contributed by atoms with Crippen LogP contribution in [0.2, 0.25) is 0 Å². The monoisotopic (exact) mass is 422 g/mol. The average molecular weight is 422 g/mol. The molecule has 3 heterocycles. The van der Waals surface area contributed by atoms with E-state index in [-0.39, 0.29) is 9.79 Å². The van der Waals surface area contributed by atoms with Crippen molar-refractivity contribution in [3.63, 3.8) is 0 Å². The summed E-state index contributed by atoms with van der Waals surface area (Å²) >= 11 is 0. The van der Waals surface area contributed by atoms with Crippen molar-refractivity contribution in [1.82, 2.24) is 4.98 Å². The number of anilines is 2. The van der Waals surface area contributed by atoms with Crippen LogP contribution in [0.3, 0.4) is 0 Å². The number of amides is 1. The Morgan fingerprint density at radius 3 is 2.40 bits per heavy atom. The Morgan fingerprint density at radius 1 is 0.933 bits per heavy atom. The number of pyridine rings is 1. The van der Waals surface area contributed by atoms with Crippen LogP contribution in [-0.4, -0.2) is 32.5 Å². The van der Waals surface area contributed by atoms with Crippen LogP contribution in [0.1, 0.15) is 12.0 Å². The largest absolute Gasteiger partial charge is 0.338 e. The molecule has 2 aliphatic rings. The summed E-state index contributed by atoms with van der Waals surface area (Å²) in [4.78, 5) is 19.3. The third kappa shape index (κ3) is 2.76. The number of carbonyl (C=O) groups is 1. The lowest BCUT2D eigenvalue weighted by Gasteiger charge is -2.32. The molecule has 152 valence electrons. The van der Waals surface area contributed by atoms with Gasteiger partial charge in [-0.1, -0.05) is 18.2 Å². The lowest BCUT2D eigenvalue weighted by atomic mass is 10.1. The lowest BCUT2D eigenvalue weighted by molar-refractivity contribution is -0.256. The van der Waals surface area contributed by atoms with Gasteiger partial charge < -0.3 is 9.47 Å². The summed E-state index contributed by atoms with van der Waals surface area (Å²) in [6, 6.07) is 16.3. The molecular formula is C22H18N2O5S. The zero-order valence-corrected chi connectivity index (χ0v) is 16.7. The van der Waals surface area contributed by atoms with E-state index in [1.54, 1.807) is 60.9 Å². The summed E-state index contributed by atoms with van der Waals surface area (Å²) in [5, 5.41) is 0. The van der Waals surface area contributed by atoms with Gasteiger partial charge in [-0.25, -0.2) is 8.42 Å². The molecule has 1 fully saturated rings. The molecule has 3 aromatic rings. The third-order valence-electron chi connectivity index (χ3n) is 5.22. The molecule has 5 rings (SSSR count). The summed E-state index contributed by atoms with van der Waals surface area (Å²) < 4.78 is 38.0. The first kappa shape index (κ1) is 18.9. The van der Waals surface area contributed by atoms with Gasteiger partial charge in [-0.3, -0.25) is 14.7 Å². The number of rotatable bonds is 3. The normalized spacial score (nSPS) is 17.9.